The largest absolute Gasteiger partial charge is 0.317 e. The van der Waals surface area contributed by atoms with Gasteiger partial charge in [-0.15, -0.1) is 0 Å². The van der Waals surface area contributed by atoms with Crippen LogP contribution in [0, 0.1) is 17.8 Å². The van der Waals surface area contributed by atoms with Crippen LogP contribution in [0.1, 0.15) is 66.2 Å². The highest BCUT2D eigenvalue weighted by atomic mass is 15.2. The van der Waals surface area contributed by atoms with E-state index in [0.717, 1.165) is 23.8 Å². The summed E-state index contributed by atoms with van der Waals surface area (Å²) in [6, 6.07) is 1.56. The van der Waals surface area contributed by atoms with Gasteiger partial charge in [0.25, 0.3) is 0 Å². The molecule has 2 fully saturated rings. The van der Waals surface area contributed by atoms with Crippen molar-refractivity contribution in [2.24, 2.45) is 17.8 Å². The second-order valence-electron chi connectivity index (χ2n) is 7.81. The molecule has 2 nitrogen and oxygen atoms in total. The zero-order valence-corrected chi connectivity index (χ0v) is 14.2. The molecule has 0 bridgehead atoms. The van der Waals surface area contributed by atoms with E-state index in [2.05, 4.69) is 37.9 Å². The highest BCUT2D eigenvalue weighted by Gasteiger charge is 2.30. The summed E-state index contributed by atoms with van der Waals surface area (Å²) in [5, 5.41) is 3.50. The van der Waals surface area contributed by atoms with Gasteiger partial charge in [0.2, 0.25) is 0 Å². The van der Waals surface area contributed by atoms with Crippen LogP contribution in [0.15, 0.2) is 0 Å². The Hall–Kier alpha value is -0.0800. The van der Waals surface area contributed by atoms with Crippen molar-refractivity contribution in [1.29, 1.82) is 0 Å². The molecule has 2 unspecified atom stereocenters. The van der Waals surface area contributed by atoms with Gasteiger partial charge in [0, 0.05) is 18.6 Å². The molecule has 0 spiro atoms. The standard InChI is InChI=1S/C18H36N2/c1-14(2)17-6-5-7-18(12-17)20(15(3)4)13-16-8-10-19-11-9-16/h14-19H,5-13H2,1-4H3. The van der Waals surface area contributed by atoms with E-state index in [9.17, 15) is 0 Å². The first kappa shape index (κ1) is 16.3. The van der Waals surface area contributed by atoms with Crippen molar-refractivity contribution < 1.29 is 0 Å². The van der Waals surface area contributed by atoms with E-state index < -0.39 is 0 Å². The van der Waals surface area contributed by atoms with Crippen molar-refractivity contribution in [3.05, 3.63) is 0 Å². The maximum atomic E-state index is 3.50. The summed E-state index contributed by atoms with van der Waals surface area (Å²) in [6.07, 6.45) is 8.55. The van der Waals surface area contributed by atoms with Gasteiger partial charge < -0.3 is 5.32 Å². The van der Waals surface area contributed by atoms with Crippen LogP contribution in [0.3, 0.4) is 0 Å². The summed E-state index contributed by atoms with van der Waals surface area (Å²) in [6.45, 7) is 13.4. The maximum absolute atomic E-state index is 3.50. The molecule has 0 aromatic carbocycles. The third-order valence-corrected chi connectivity index (χ3v) is 5.69. The topological polar surface area (TPSA) is 15.3 Å². The van der Waals surface area contributed by atoms with Crippen LogP contribution in [0.25, 0.3) is 0 Å². The summed E-state index contributed by atoms with van der Waals surface area (Å²) >= 11 is 0. The Morgan fingerprint density at radius 1 is 1.00 bits per heavy atom. The highest BCUT2D eigenvalue weighted by Crippen LogP contribution is 2.34. The lowest BCUT2D eigenvalue weighted by Gasteiger charge is -2.43. The van der Waals surface area contributed by atoms with Gasteiger partial charge in [-0.3, -0.25) is 4.90 Å². The van der Waals surface area contributed by atoms with Crippen LogP contribution in [-0.4, -0.2) is 36.6 Å². The second-order valence-corrected chi connectivity index (χ2v) is 7.81. The number of piperidine rings is 1. The Morgan fingerprint density at radius 3 is 2.30 bits per heavy atom. The Kier molecular flexibility index (Phi) is 6.35. The minimum atomic E-state index is 0.709. The number of hydrogen-bond acceptors (Lipinski definition) is 2. The molecule has 1 heterocycles. The average molecular weight is 280 g/mol. The van der Waals surface area contributed by atoms with Crippen molar-refractivity contribution in [3.8, 4) is 0 Å². The van der Waals surface area contributed by atoms with Gasteiger partial charge in [0.1, 0.15) is 0 Å². The second kappa shape index (κ2) is 7.79. The minimum absolute atomic E-state index is 0.709. The van der Waals surface area contributed by atoms with E-state index in [-0.39, 0.29) is 0 Å². The van der Waals surface area contributed by atoms with Crippen molar-refractivity contribution >= 4 is 0 Å². The average Bonchev–Trinajstić information content (AvgIpc) is 2.45. The molecule has 1 aliphatic heterocycles. The smallest absolute Gasteiger partial charge is 0.0101 e. The predicted molar refractivity (Wildman–Crippen MR) is 88.0 cm³/mol. The molecule has 1 saturated carbocycles. The van der Waals surface area contributed by atoms with Crippen LogP contribution in [0.2, 0.25) is 0 Å². The van der Waals surface area contributed by atoms with Crippen LogP contribution < -0.4 is 5.32 Å². The number of nitrogens with one attached hydrogen (secondary N) is 1. The van der Waals surface area contributed by atoms with E-state index in [0.29, 0.717) is 6.04 Å². The zero-order chi connectivity index (χ0) is 14.5. The lowest BCUT2D eigenvalue weighted by atomic mass is 9.78. The fourth-order valence-electron chi connectivity index (χ4n) is 4.25. The van der Waals surface area contributed by atoms with Crippen molar-refractivity contribution in [1.82, 2.24) is 10.2 Å². The third-order valence-electron chi connectivity index (χ3n) is 5.69. The van der Waals surface area contributed by atoms with Crippen molar-refractivity contribution in [2.75, 3.05) is 19.6 Å². The molecule has 2 rings (SSSR count). The van der Waals surface area contributed by atoms with E-state index in [1.807, 2.05) is 0 Å². The van der Waals surface area contributed by atoms with Gasteiger partial charge in [-0.05, 0) is 70.4 Å². The van der Waals surface area contributed by atoms with E-state index in [4.69, 9.17) is 0 Å². The zero-order valence-electron chi connectivity index (χ0n) is 14.2. The molecule has 118 valence electrons. The van der Waals surface area contributed by atoms with Crippen LogP contribution in [0.4, 0.5) is 0 Å². The SMILES string of the molecule is CC(C)C1CCCC(N(CC2CCNCC2)C(C)C)C1. The molecule has 20 heavy (non-hydrogen) atoms. The molecule has 0 amide bonds. The fraction of sp³-hybridized carbons (Fsp3) is 1.00. The molecular formula is C18H36N2. The number of nitrogens with zero attached hydrogens (tertiary/aromatic N) is 1. The Labute approximate surface area is 126 Å². The molecule has 0 radical (unpaired) electrons. The molecule has 2 heteroatoms. The van der Waals surface area contributed by atoms with Gasteiger partial charge in [-0.2, -0.15) is 0 Å². The quantitative estimate of drug-likeness (QED) is 0.821. The van der Waals surface area contributed by atoms with Crippen LogP contribution >= 0.6 is 0 Å². The monoisotopic (exact) mass is 280 g/mol. The van der Waals surface area contributed by atoms with Gasteiger partial charge in [-0.1, -0.05) is 26.7 Å². The predicted octanol–water partition coefficient (Wildman–Crippen LogP) is 3.91. The van der Waals surface area contributed by atoms with Crippen molar-refractivity contribution in [3.63, 3.8) is 0 Å². The molecule has 2 atom stereocenters. The highest BCUT2D eigenvalue weighted by molar-refractivity contribution is 4.85. The molecule has 1 saturated heterocycles. The summed E-state index contributed by atoms with van der Waals surface area (Å²) in [5.74, 6) is 2.76. The van der Waals surface area contributed by atoms with Crippen LogP contribution in [0.5, 0.6) is 0 Å². The number of rotatable bonds is 5. The minimum Gasteiger partial charge on any atom is -0.317 e. The molecular weight excluding hydrogens is 244 g/mol. The Balaban J connectivity index is 1.92. The summed E-state index contributed by atoms with van der Waals surface area (Å²) in [4.78, 5) is 2.85. The first-order valence-corrected chi connectivity index (χ1v) is 9.04. The van der Waals surface area contributed by atoms with Gasteiger partial charge in [0.15, 0.2) is 0 Å². The van der Waals surface area contributed by atoms with Crippen LogP contribution in [-0.2, 0) is 0 Å². The summed E-state index contributed by atoms with van der Waals surface area (Å²) in [7, 11) is 0. The Morgan fingerprint density at radius 2 is 1.70 bits per heavy atom. The Bertz CT molecular complexity index is 269. The summed E-state index contributed by atoms with van der Waals surface area (Å²) in [5.41, 5.74) is 0. The number of hydrogen-bond donors (Lipinski definition) is 1. The first-order chi connectivity index (χ1) is 9.58. The van der Waals surface area contributed by atoms with Gasteiger partial charge in [-0.25, -0.2) is 0 Å². The lowest BCUT2D eigenvalue weighted by Crippen LogP contribution is -2.47. The lowest BCUT2D eigenvalue weighted by molar-refractivity contribution is 0.0666. The van der Waals surface area contributed by atoms with E-state index >= 15 is 0 Å². The first-order valence-electron chi connectivity index (χ1n) is 9.04. The van der Waals surface area contributed by atoms with Gasteiger partial charge >= 0.3 is 0 Å². The summed E-state index contributed by atoms with van der Waals surface area (Å²) < 4.78 is 0. The van der Waals surface area contributed by atoms with E-state index in [1.165, 1.54) is 58.2 Å². The van der Waals surface area contributed by atoms with Crippen molar-refractivity contribution in [2.45, 2.75) is 78.3 Å². The molecule has 1 aliphatic carbocycles. The van der Waals surface area contributed by atoms with E-state index in [1.54, 1.807) is 0 Å². The fourth-order valence-corrected chi connectivity index (χ4v) is 4.25. The maximum Gasteiger partial charge on any atom is 0.0101 e. The van der Waals surface area contributed by atoms with Gasteiger partial charge in [0.05, 0.1) is 0 Å². The third kappa shape index (κ3) is 4.46. The molecule has 2 aliphatic rings. The molecule has 0 aromatic heterocycles. The normalized spacial score (nSPS) is 29.6. The molecule has 1 N–H and O–H groups in total. The molecule has 0 aromatic rings.